The molecule has 5 heteroatoms. The summed E-state index contributed by atoms with van der Waals surface area (Å²) in [6, 6.07) is -0.712. The molecule has 2 aliphatic rings. The predicted molar refractivity (Wildman–Crippen MR) is 80.7 cm³/mol. The van der Waals surface area contributed by atoms with Gasteiger partial charge in [0.1, 0.15) is 12.1 Å². The van der Waals surface area contributed by atoms with Crippen LogP contribution in [0.25, 0.3) is 0 Å². The number of rotatable bonds is 4. The lowest BCUT2D eigenvalue weighted by Gasteiger charge is -2.45. The molecule has 2 atom stereocenters. The molecule has 2 unspecified atom stereocenters. The number of nitrogens with one attached hydrogen (secondary N) is 1. The van der Waals surface area contributed by atoms with Crippen molar-refractivity contribution in [1.82, 2.24) is 10.2 Å². The van der Waals surface area contributed by atoms with Crippen molar-refractivity contribution in [3.8, 4) is 0 Å². The first-order valence-corrected chi connectivity index (χ1v) is 8.06. The van der Waals surface area contributed by atoms with Gasteiger partial charge in [-0.05, 0) is 30.6 Å². The van der Waals surface area contributed by atoms with E-state index in [4.69, 9.17) is 4.74 Å². The smallest absolute Gasteiger partial charge is 0.246 e. The number of hydrogen-bond acceptors (Lipinski definition) is 3. The lowest BCUT2D eigenvalue weighted by atomic mass is 9.80. The highest BCUT2D eigenvalue weighted by molar-refractivity contribution is 5.97. The summed E-state index contributed by atoms with van der Waals surface area (Å²) in [5, 5.41) is 2.89. The zero-order chi connectivity index (χ0) is 15.6. The summed E-state index contributed by atoms with van der Waals surface area (Å²) in [7, 11) is 0. The minimum atomic E-state index is -0.385. The van der Waals surface area contributed by atoms with Crippen molar-refractivity contribution in [3.05, 3.63) is 0 Å². The monoisotopic (exact) mass is 296 g/mol. The maximum Gasteiger partial charge on any atom is 0.246 e. The van der Waals surface area contributed by atoms with Crippen LogP contribution < -0.4 is 5.32 Å². The van der Waals surface area contributed by atoms with E-state index in [0.717, 1.165) is 26.1 Å². The quantitative estimate of drug-likeness (QED) is 0.856. The van der Waals surface area contributed by atoms with Gasteiger partial charge in [-0.3, -0.25) is 9.59 Å². The number of amides is 2. The van der Waals surface area contributed by atoms with Gasteiger partial charge < -0.3 is 15.0 Å². The number of carbonyl (C=O) groups is 2. The number of piperazine rings is 1. The van der Waals surface area contributed by atoms with E-state index < -0.39 is 0 Å². The molecule has 2 rings (SSSR count). The lowest BCUT2D eigenvalue weighted by molar-refractivity contribution is -0.153. The van der Waals surface area contributed by atoms with Gasteiger partial charge in [-0.15, -0.1) is 0 Å². The molecule has 0 aromatic heterocycles. The van der Waals surface area contributed by atoms with Crippen molar-refractivity contribution in [2.75, 3.05) is 19.8 Å². The molecule has 21 heavy (non-hydrogen) atoms. The van der Waals surface area contributed by atoms with Crippen LogP contribution in [0.15, 0.2) is 0 Å². The summed E-state index contributed by atoms with van der Waals surface area (Å²) >= 11 is 0. The highest BCUT2D eigenvalue weighted by Gasteiger charge is 2.43. The average Bonchev–Trinajstić information content (AvgIpc) is 2.43. The van der Waals surface area contributed by atoms with Gasteiger partial charge in [0.15, 0.2) is 0 Å². The topological polar surface area (TPSA) is 58.6 Å². The van der Waals surface area contributed by atoms with Crippen molar-refractivity contribution in [2.24, 2.45) is 11.3 Å². The molecule has 120 valence electrons. The molecule has 0 bridgehead atoms. The molecule has 5 nitrogen and oxygen atoms in total. The second-order valence-corrected chi connectivity index (χ2v) is 7.04. The second-order valence-electron chi connectivity index (χ2n) is 7.04. The van der Waals surface area contributed by atoms with Crippen molar-refractivity contribution in [3.63, 3.8) is 0 Å². The van der Waals surface area contributed by atoms with Crippen LogP contribution in [-0.2, 0) is 14.3 Å². The first kappa shape index (κ1) is 16.3. The zero-order valence-corrected chi connectivity index (χ0v) is 13.6. The van der Waals surface area contributed by atoms with E-state index in [1.54, 1.807) is 0 Å². The van der Waals surface area contributed by atoms with Crippen LogP contribution in [0, 0.1) is 11.3 Å². The molecule has 2 amide bonds. The summed E-state index contributed by atoms with van der Waals surface area (Å²) in [6.07, 6.45) is 2.55. The molecule has 0 saturated carbocycles. The van der Waals surface area contributed by atoms with Crippen molar-refractivity contribution in [1.29, 1.82) is 0 Å². The number of carbonyl (C=O) groups excluding carboxylic acids is 2. The molecule has 0 aliphatic carbocycles. The SMILES string of the molecule is CCC1C(=O)NC(C(C)C)C(=O)N1CC1(C)CCOCC1. The van der Waals surface area contributed by atoms with Crippen molar-refractivity contribution < 1.29 is 14.3 Å². The molecular formula is C16H28N2O3. The fourth-order valence-electron chi connectivity index (χ4n) is 3.26. The van der Waals surface area contributed by atoms with Crippen LogP contribution >= 0.6 is 0 Å². The zero-order valence-electron chi connectivity index (χ0n) is 13.6. The highest BCUT2D eigenvalue weighted by Crippen LogP contribution is 2.33. The standard InChI is InChI=1S/C16H28N2O3/c1-5-12-14(19)17-13(11(2)3)15(20)18(12)10-16(4)6-8-21-9-7-16/h11-13H,5-10H2,1-4H3,(H,17,19). The maximum absolute atomic E-state index is 12.8. The van der Waals surface area contributed by atoms with Crippen molar-refractivity contribution >= 4 is 11.8 Å². The molecule has 0 aromatic rings. The summed E-state index contributed by atoms with van der Waals surface area (Å²) in [4.78, 5) is 26.9. The fraction of sp³-hybridized carbons (Fsp3) is 0.875. The third-order valence-electron chi connectivity index (χ3n) is 4.83. The van der Waals surface area contributed by atoms with Crippen LogP contribution in [0.3, 0.4) is 0 Å². The van der Waals surface area contributed by atoms with Crippen LogP contribution in [0.4, 0.5) is 0 Å². The van der Waals surface area contributed by atoms with Crippen LogP contribution in [0.5, 0.6) is 0 Å². The maximum atomic E-state index is 12.8. The Morgan fingerprint density at radius 2 is 1.95 bits per heavy atom. The third kappa shape index (κ3) is 3.39. The largest absolute Gasteiger partial charge is 0.381 e. The molecule has 0 spiro atoms. The van der Waals surface area contributed by atoms with E-state index in [1.165, 1.54) is 0 Å². The van der Waals surface area contributed by atoms with E-state index in [1.807, 2.05) is 25.7 Å². The Balaban J connectivity index is 2.19. The summed E-state index contributed by atoms with van der Waals surface area (Å²) in [5.74, 6) is 0.180. The lowest BCUT2D eigenvalue weighted by Crippen LogP contribution is -2.66. The first-order chi connectivity index (χ1) is 9.88. The molecule has 0 aromatic carbocycles. The summed E-state index contributed by atoms with van der Waals surface area (Å²) < 4.78 is 5.43. The van der Waals surface area contributed by atoms with Crippen LogP contribution in [0.2, 0.25) is 0 Å². The second kappa shape index (κ2) is 6.34. The Hall–Kier alpha value is -1.10. The Bertz CT molecular complexity index is 402. The Morgan fingerprint density at radius 3 is 2.48 bits per heavy atom. The van der Waals surface area contributed by atoms with Gasteiger partial charge in [0.05, 0.1) is 0 Å². The van der Waals surface area contributed by atoms with Gasteiger partial charge in [0, 0.05) is 19.8 Å². The van der Waals surface area contributed by atoms with E-state index in [2.05, 4.69) is 12.2 Å². The van der Waals surface area contributed by atoms with Crippen LogP contribution in [-0.4, -0.2) is 48.6 Å². The molecule has 1 N–H and O–H groups in total. The number of nitrogens with zero attached hydrogens (tertiary/aromatic N) is 1. The highest BCUT2D eigenvalue weighted by atomic mass is 16.5. The van der Waals surface area contributed by atoms with Gasteiger partial charge in [-0.1, -0.05) is 27.7 Å². The first-order valence-electron chi connectivity index (χ1n) is 8.06. The van der Waals surface area contributed by atoms with Crippen molar-refractivity contribution in [2.45, 2.75) is 59.0 Å². The Kier molecular flexibility index (Phi) is 4.91. The van der Waals surface area contributed by atoms with Gasteiger partial charge in [-0.2, -0.15) is 0 Å². The van der Waals surface area contributed by atoms with Gasteiger partial charge in [0.2, 0.25) is 11.8 Å². The number of ether oxygens (including phenoxy) is 1. The van der Waals surface area contributed by atoms with Crippen LogP contribution in [0.1, 0.15) is 47.0 Å². The predicted octanol–water partition coefficient (Wildman–Crippen LogP) is 1.56. The minimum Gasteiger partial charge on any atom is -0.381 e. The normalized spacial score (nSPS) is 29.7. The molecule has 2 aliphatic heterocycles. The minimum absolute atomic E-state index is 0.00791. The fourth-order valence-corrected chi connectivity index (χ4v) is 3.26. The van der Waals surface area contributed by atoms with E-state index in [9.17, 15) is 9.59 Å². The summed E-state index contributed by atoms with van der Waals surface area (Å²) in [6.45, 7) is 10.3. The third-order valence-corrected chi connectivity index (χ3v) is 4.83. The summed E-state index contributed by atoms with van der Waals surface area (Å²) in [5.41, 5.74) is 0.0560. The average molecular weight is 296 g/mol. The van der Waals surface area contributed by atoms with E-state index in [-0.39, 0.29) is 35.2 Å². The molecular weight excluding hydrogens is 268 g/mol. The van der Waals surface area contributed by atoms with E-state index >= 15 is 0 Å². The number of hydrogen-bond donors (Lipinski definition) is 1. The molecule has 0 radical (unpaired) electrons. The Labute approximate surface area is 127 Å². The molecule has 2 saturated heterocycles. The van der Waals surface area contributed by atoms with Gasteiger partial charge in [-0.25, -0.2) is 0 Å². The molecule has 2 fully saturated rings. The molecule has 2 heterocycles. The Morgan fingerprint density at radius 1 is 1.33 bits per heavy atom. The van der Waals surface area contributed by atoms with Gasteiger partial charge >= 0.3 is 0 Å². The van der Waals surface area contributed by atoms with Gasteiger partial charge in [0.25, 0.3) is 0 Å². The van der Waals surface area contributed by atoms with E-state index in [0.29, 0.717) is 13.0 Å².